The first-order valence-corrected chi connectivity index (χ1v) is 17.0. The van der Waals surface area contributed by atoms with E-state index in [9.17, 15) is 28.2 Å². The molecule has 47 heavy (non-hydrogen) atoms. The number of rotatable bonds is 15. The summed E-state index contributed by atoms with van der Waals surface area (Å²) in [6.07, 6.45) is 2.48. The van der Waals surface area contributed by atoms with Gasteiger partial charge in [0.2, 0.25) is 0 Å². The van der Waals surface area contributed by atoms with Crippen LogP contribution in [0.15, 0.2) is 53.4 Å². The van der Waals surface area contributed by atoms with Gasteiger partial charge in [-0.3, -0.25) is 33.1 Å². The number of amides is 2. The SMILES string of the molecule is CCCCCCCCOc1ccc(S(=O)[C@@H]2O[C@H](COC(C)=O)[C@@H](OC(C)=O)[C@H](OC(C)=O)[C@H]2N2C(=O)c3ccccc3C2=O)cc1. The lowest BCUT2D eigenvalue weighted by atomic mass is 9.96. The van der Waals surface area contributed by atoms with Gasteiger partial charge in [0.05, 0.1) is 28.5 Å². The van der Waals surface area contributed by atoms with E-state index >= 15 is 0 Å². The second-order valence-corrected chi connectivity index (χ2v) is 12.9. The van der Waals surface area contributed by atoms with E-state index in [-0.39, 0.29) is 16.0 Å². The summed E-state index contributed by atoms with van der Waals surface area (Å²) in [5.41, 5.74) is -1.30. The highest BCUT2D eigenvalue weighted by molar-refractivity contribution is 7.85. The smallest absolute Gasteiger partial charge is 0.303 e. The Bertz CT molecular complexity index is 1440. The topological polar surface area (TPSA) is 152 Å². The van der Waals surface area contributed by atoms with Crippen molar-refractivity contribution in [3.8, 4) is 5.75 Å². The number of esters is 3. The molecule has 0 radical (unpaired) electrons. The number of benzene rings is 2. The van der Waals surface area contributed by atoms with Gasteiger partial charge in [-0.05, 0) is 42.8 Å². The van der Waals surface area contributed by atoms with E-state index in [0.717, 1.165) is 38.0 Å². The molecular weight excluding hydrogens is 630 g/mol. The molecule has 0 bridgehead atoms. The molecule has 2 aliphatic heterocycles. The molecule has 1 fully saturated rings. The van der Waals surface area contributed by atoms with Gasteiger partial charge in [-0.25, -0.2) is 0 Å². The van der Waals surface area contributed by atoms with Crippen molar-refractivity contribution in [2.75, 3.05) is 13.2 Å². The van der Waals surface area contributed by atoms with Crippen molar-refractivity contribution >= 4 is 40.5 Å². The van der Waals surface area contributed by atoms with Gasteiger partial charge < -0.3 is 23.7 Å². The maximum absolute atomic E-state index is 14.3. The number of fused-ring (bicyclic) bond motifs is 1. The molecule has 1 saturated heterocycles. The van der Waals surface area contributed by atoms with Crippen molar-refractivity contribution in [3.63, 3.8) is 0 Å². The van der Waals surface area contributed by atoms with Crippen molar-refractivity contribution in [1.82, 2.24) is 4.90 Å². The first-order chi connectivity index (χ1) is 22.5. The monoisotopic (exact) mass is 671 g/mol. The Kier molecular flexibility index (Phi) is 12.7. The molecule has 2 heterocycles. The van der Waals surface area contributed by atoms with E-state index in [2.05, 4.69) is 6.92 Å². The molecule has 6 atom stereocenters. The fraction of sp³-hybridized carbons (Fsp3) is 0.500. The zero-order chi connectivity index (χ0) is 34.1. The number of nitrogens with zero attached hydrogens (tertiary/aromatic N) is 1. The average Bonchev–Trinajstić information content (AvgIpc) is 3.29. The van der Waals surface area contributed by atoms with E-state index in [4.69, 9.17) is 23.7 Å². The highest BCUT2D eigenvalue weighted by atomic mass is 32.2. The lowest BCUT2D eigenvalue weighted by Gasteiger charge is -2.47. The summed E-state index contributed by atoms with van der Waals surface area (Å²) >= 11 is 0. The summed E-state index contributed by atoms with van der Waals surface area (Å²) < 4.78 is 42.7. The Hall–Kier alpha value is -4.10. The molecule has 0 saturated carbocycles. The third-order valence-electron chi connectivity index (χ3n) is 7.83. The molecule has 2 amide bonds. The maximum Gasteiger partial charge on any atom is 0.303 e. The Morgan fingerprint density at radius 1 is 0.787 bits per heavy atom. The molecule has 1 unspecified atom stereocenters. The summed E-state index contributed by atoms with van der Waals surface area (Å²) in [6.45, 7) is 5.63. The lowest BCUT2D eigenvalue weighted by molar-refractivity contribution is -0.217. The number of ether oxygens (including phenoxy) is 5. The van der Waals surface area contributed by atoms with Gasteiger partial charge in [0.25, 0.3) is 11.8 Å². The minimum atomic E-state index is -2.11. The van der Waals surface area contributed by atoms with Crippen LogP contribution in [0.4, 0.5) is 0 Å². The highest BCUT2D eigenvalue weighted by Gasteiger charge is 2.58. The van der Waals surface area contributed by atoms with Gasteiger partial charge >= 0.3 is 17.9 Å². The van der Waals surface area contributed by atoms with Crippen LogP contribution in [0.25, 0.3) is 0 Å². The number of carbonyl (C=O) groups excluding carboxylic acids is 5. The van der Waals surface area contributed by atoms with E-state index in [1.54, 1.807) is 36.4 Å². The third-order valence-corrected chi connectivity index (χ3v) is 9.38. The zero-order valence-corrected chi connectivity index (χ0v) is 27.8. The fourth-order valence-corrected chi connectivity index (χ4v) is 7.13. The van der Waals surface area contributed by atoms with E-state index in [1.165, 1.54) is 38.3 Å². The predicted octanol–water partition coefficient (Wildman–Crippen LogP) is 4.35. The van der Waals surface area contributed by atoms with Crippen molar-refractivity contribution in [2.45, 2.75) is 101 Å². The van der Waals surface area contributed by atoms with Crippen LogP contribution in [-0.4, -0.2) is 81.8 Å². The number of hydrogen-bond donors (Lipinski definition) is 0. The molecule has 2 aliphatic rings. The normalized spacial score (nSPS) is 22.7. The Labute approximate surface area is 276 Å². The van der Waals surface area contributed by atoms with Crippen LogP contribution >= 0.6 is 0 Å². The van der Waals surface area contributed by atoms with E-state index in [0.29, 0.717) is 12.4 Å². The van der Waals surface area contributed by atoms with Crippen molar-refractivity contribution in [3.05, 3.63) is 59.7 Å². The summed E-state index contributed by atoms with van der Waals surface area (Å²) in [5.74, 6) is -3.16. The summed E-state index contributed by atoms with van der Waals surface area (Å²) in [5, 5.41) is 0. The number of hydrogen-bond acceptors (Lipinski definition) is 11. The van der Waals surface area contributed by atoms with Crippen LogP contribution < -0.4 is 4.74 Å². The first-order valence-electron chi connectivity index (χ1n) is 15.8. The van der Waals surface area contributed by atoms with Crippen LogP contribution in [0.3, 0.4) is 0 Å². The van der Waals surface area contributed by atoms with E-state index in [1.807, 2.05) is 0 Å². The van der Waals surface area contributed by atoms with Crippen molar-refractivity contribution < 1.29 is 51.9 Å². The van der Waals surface area contributed by atoms with Crippen LogP contribution in [0.2, 0.25) is 0 Å². The Balaban J connectivity index is 1.68. The summed E-state index contributed by atoms with van der Waals surface area (Å²) in [7, 11) is -2.11. The highest BCUT2D eigenvalue weighted by Crippen LogP contribution is 2.37. The number of imide groups is 1. The lowest BCUT2D eigenvalue weighted by Crippen LogP contribution is -2.67. The predicted molar refractivity (Wildman–Crippen MR) is 169 cm³/mol. The quantitative estimate of drug-likeness (QED) is 0.115. The largest absolute Gasteiger partial charge is 0.494 e. The molecule has 0 N–H and O–H groups in total. The average molecular weight is 672 g/mol. The third kappa shape index (κ3) is 8.83. The van der Waals surface area contributed by atoms with Gasteiger partial charge in [0.1, 0.15) is 24.5 Å². The van der Waals surface area contributed by atoms with Crippen LogP contribution in [-0.2, 0) is 44.1 Å². The zero-order valence-electron chi connectivity index (χ0n) is 27.0. The maximum atomic E-state index is 14.3. The van der Waals surface area contributed by atoms with Crippen LogP contribution in [0.1, 0.15) is 86.9 Å². The van der Waals surface area contributed by atoms with Gasteiger partial charge in [-0.2, -0.15) is 0 Å². The molecular formula is C34H41NO11S. The molecule has 254 valence electrons. The minimum Gasteiger partial charge on any atom is -0.494 e. The second kappa shape index (κ2) is 16.6. The van der Waals surface area contributed by atoms with Crippen LogP contribution in [0, 0.1) is 0 Å². The molecule has 2 aromatic carbocycles. The first kappa shape index (κ1) is 35.7. The molecule has 13 heteroatoms. The second-order valence-electron chi connectivity index (χ2n) is 11.4. The Morgan fingerprint density at radius 3 is 1.94 bits per heavy atom. The number of unbranched alkanes of at least 4 members (excludes halogenated alkanes) is 5. The minimum absolute atomic E-state index is 0.0987. The van der Waals surface area contributed by atoms with Gasteiger partial charge in [0, 0.05) is 25.7 Å². The molecule has 2 aromatic rings. The van der Waals surface area contributed by atoms with Gasteiger partial charge in [0.15, 0.2) is 17.6 Å². The summed E-state index contributed by atoms with van der Waals surface area (Å²) in [4.78, 5) is 65.0. The van der Waals surface area contributed by atoms with Crippen molar-refractivity contribution in [2.24, 2.45) is 0 Å². The van der Waals surface area contributed by atoms with Crippen LogP contribution in [0.5, 0.6) is 5.75 Å². The molecule has 0 spiro atoms. The van der Waals surface area contributed by atoms with Gasteiger partial charge in [-0.15, -0.1) is 0 Å². The van der Waals surface area contributed by atoms with E-state index < -0.39 is 76.9 Å². The molecule has 4 rings (SSSR count). The number of carbonyl (C=O) groups is 5. The van der Waals surface area contributed by atoms with Gasteiger partial charge in [-0.1, -0.05) is 51.2 Å². The fourth-order valence-electron chi connectivity index (χ4n) is 5.69. The summed E-state index contributed by atoms with van der Waals surface area (Å²) in [6, 6.07) is 11.1. The molecule has 0 aromatic heterocycles. The molecule has 0 aliphatic carbocycles. The van der Waals surface area contributed by atoms with Crippen molar-refractivity contribution in [1.29, 1.82) is 0 Å². The molecule has 12 nitrogen and oxygen atoms in total. The standard InChI is InChI=1S/C34H41NO11S/c1-5-6-7-8-9-12-19-42-24-15-17-25(18-16-24)47(41)34-29(35-32(39)26-13-10-11-14-27(26)33(35)40)31(45-23(4)38)30(44-22(3)37)28(46-34)20-43-21(2)36/h10-11,13-18,28-31,34H,5-9,12,19-20H2,1-4H3/t28-,29-,30-,31-,34+,47?/m1/s1. The Morgan fingerprint density at radius 2 is 1.36 bits per heavy atom.